The quantitative estimate of drug-likeness (QED) is 0.811. The third-order valence-corrected chi connectivity index (χ3v) is 4.77. The predicted molar refractivity (Wildman–Crippen MR) is 89.3 cm³/mol. The summed E-state index contributed by atoms with van der Waals surface area (Å²) in [6.07, 6.45) is 3.01. The molecule has 1 aliphatic rings. The van der Waals surface area contributed by atoms with Crippen molar-refractivity contribution in [1.29, 1.82) is 0 Å². The molecule has 4 nitrogen and oxygen atoms in total. The molecule has 22 heavy (non-hydrogen) atoms. The maximum absolute atomic E-state index is 12.3. The van der Waals surface area contributed by atoms with Crippen molar-refractivity contribution in [2.75, 3.05) is 13.2 Å². The van der Waals surface area contributed by atoms with Gasteiger partial charge in [0.2, 0.25) is 0 Å². The fourth-order valence-corrected chi connectivity index (χ4v) is 3.33. The normalized spacial score (nSPS) is 20.7. The van der Waals surface area contributed by atoms with E-state index in [9.17, 15) is 4.79 Å². The Kier molecular flexibility index (Phi) is 5.87. The zero-order valence-electron chi connectivity index (χ0n) is 14.0. The van der Waals surface area contributed by atoms with Gasteiger partial charge >= 0.3 is 6.09 Å². The number of piperidine rings is 1. The summed E-state index contributed by atoms with van der Waals surface area (Å²) in [5, 5.41) is 2.06. The molecule has 2 atom stereocenters. The smallest absolute Gasteiger partial charge is 0.410 e. The van der Waals surface area contributed by atoms with E-state index in [2.05, 4.69) is 18.4 Å². The first-order valence-electron chi connectivity index (χ1n) is 8.01. The highest BCUT2D eigenvalue weighted by Gasteiger charge is 2.30. The average molecular weight is 325 g/mol. The Balaban J connectivity index is 1.90. The molecule has 1 aromatic heterocycles. The standard InChI is InChI=1S/C17H27NO3S/c1-13(15-9-7-11-22-15)20-12-14-8-5-6-10-18(14)16(19)21-17(2,3)4/h7,9,11,13-14H,5-6,8,10,12H2,1-4H3/t13-,14+/m0/s1. The molecule has 0 spiro atoms. The van der Waals surface area contributed by atoms with Gasteiger partial charge in [-0.3, -0.25) is 0 Å². The van der Waals surface area contributed by atoms with Crippen LogP contribution in [0.4, 0.5) is 4.79 Å². The number of rotatable bonds is 4. The number of nitrogens with zero attached hydrogens (tertiary/aromatic N) is 1. The van der Waals surface area contributed by atoms with Crippen molar-refractivity contribution in [2.45, 2.75) is 64.7 Å². The molecule has 0 saturated carbocycles. The fourth-order valence-electron chi connectivity index (χ4n) is 2.59. The molecule has 124 valence electrons. The molecule has 0 aliphatic carbocycles. The van der Waals surface area contributed by atoms with Crippen molar-refractivity contribution in [1.82, 2.24) is 4.90 Å². The molecule has 1 fully saturated rings. The molecular formula is C17H27NO3S. The second kappa shape index (κ2) is 7.47. The Morgan fingerprint density at radius 3 is 2.86 bits per heavy atom. The van der Waals surface area contributed by atoms with Crippen LogP contribution < -0.4 is 0 Å². The van der Waals surface area contributed by atoms with Gasteiger partial charge in [0.15, 0.2) is 0 Å². The Hall–Kier alpha value is -1.07. The molecule has 0 N–H and O–H groups in total. The maximum Gasteiger partial charge on any atom is 0.410 e. The van der Waals surface area contributed by atoms with E-state index in [-0.39, 0.29) is 18.2 Å². The van der Waals surface area contributed by atoms with Gasteiger partial charge in [-0.1, -0.05) is 6.07 Å². The van der Waals surface area contributed by atoms with Gasteiger partial charge in [0.1, 0.15) is 5.60 Å². The zero-order valence-corrected chi connectivity index (χ0v) is 14.8. The van der Waals surface area contributed by atoms with Gasteiger partial charge in [-0.05, 0) is 58.4 Å². The Labute approximate surface area is 137 Å². The number of hydrogen-bond acceptors (Lipinski definition) is 4. The Morgan fingerprint density at radius 2 is 2.23 bits per heavy atom. The van der Waals surface area contributed by atoms with Crippen molar-refractivity contribution in [3.05, 3.63) is 22.4 Å². The Bertz CT molecular complexity index is 467. The van der Waals surface area contributed by atoms with Crippen molar-refractivity contribution in [3.8, 4) is 0 Å². The lowest BCUT2D eigenvalue weighted by Gasteiger charge is -2.37. The van der Waals surface area contributed by atoms with E-state index in [4.69, 9.17) is 9.47 Å². The lowest BCUT2D eigenvalue weighted by Crippen LogP contribution is -2.48. The maximum atomic E-state index is 12.3. The van der Waals surface area contributed by atoms with Crippen LogP contribution in [0.25, 0.3) is 0 Å². The highest BCUT2D eigenvalue weighted by molar-refractivity contribution is 7.10. The zero-order chi connectivity index (χ0) is 16.2. The van der Waals surface area contributed by atoms with E-state index < -0.39 is 5.60 Å². The van der Waals surface area contributed by atoms with Gasteiger partial charge in [0, 0.05) is 11.4 Å². The van der Waals surface area contributed by atoms with Crippen LogP contribution in [-0.4, -0.2) is 35.8 Å². The van der Waals surface area contributed by atoms with E-state index in [1.165, 1.54) is 4.88 Å². The van der Waals surface area contributed by atoms with Crippen molar-refractivity contribution < 1.29 is 14.3 Å². The first-order chi connectivity index (χ1) is 10.4. The molecule has 1 aromatic rings. The van der Waals surface area contributed by atoms with E-state index >= 15 is 0 Å². The van der Waals surface area contributed by atoms with Crippen LogP contribution in [0, 0.1) is 0 Å². The number of hydrogen-bond donors (Lipinski definition) is 0. The van der Waals surface area contributed by atoms with Crippen LogP contribution >= 0.6 is 11.3 Å². The van der Waals surface area contributed by atoms with Gasteiger partial charge in [-0.15, -0.1) is 11.3 Å². The number of thiophene rings is 1. The van der Waals surface area contributed by atoms with Crippen LogP contribution in [0.15, 0.2) is 17.5 Å². The predicted octanol–water partition coefficient (Wildman–Crippen LogP) is 4.62. The number of likely N-dealkylation sites (tertiary alicyclic amines) is 1. The minimum absolute atomic E-state index is 0.0717. The largest absolute Gasteiger partial charge is 0.444 e. The monoisotopic (exact) mass is 325 g/mol. The SMILES string of the molecule is C[C@H](OC[C@H]1CCCCN1C(=O)OC(C)(C)C)c1cccs1. The van der Waals surface area contributed by atoms with Crippen LogP contribution in [0.1, 0.15) is 57.9 Å². The minimum Gasteiger partial charge on any atom is -0.444 e. The van der Waals surface area contributed by atoms with Crippen molar-refractivity contribution in [2.24, 2.45) is 0 Å². The molecule has 0 unspecified atom stereocenters. The third kappa shape index (κ3) is 4.99. The van der Waals surface area contributed by atoms with Gasteiger partial charge in [-0.2, -0.15) is 0 Å². The molecule has 2 rings (SSSR count). The number of amides is 1. The molecule has 0 aromatic carbocycles. The number of carbonyl (C=O) groups excluding carboxylic acids is 1. The van der Waals surface area contributed by atoms with E-state index in [1.807, 2.05) is 31.7 Å². The molecule has 1 saturated heterocycles. The molecule has 0 radical (unpaired) electrons. The molecule has 5 heteroatoms. The molecular weight excluding hydrogens is 298 g/mol. The highest BCUT2D eigenvalue weighted by atomic mass is 32.1. The van der Waals surface area contributed by atoms with Gasteiger partial charge in [-0.25, -0.2) is 4.79 Å². The second-order valence-corrected chi connectivity index (χ2v) is 7.79. The highest BCUT2D eigenvalue weighted by Crippen LogP contribution is 2.25. The average Bonchev–Trinajstić information content (AvgIpc) is 2.97. The molecule has 2 heterocycles. The summed E-state index contributed by atoms with van der Waals surface area (Å²) in [6, 6.07) is 4.24. The molecule has 1 aliphatic heterocycles. The van der Waals surface area contributed by atoms with Crippen LogP contribution in [0.3, 0.4) is 0 Å². The van der Waals surface area contributed by atoms with Crippen LogP contribution in [0.5, 0.6) is 0 Å². The van der Waals surface area contributed by atoms with Crippen molar-refractivity contribution >= 4 is 17.4 Å². The first-order valence-corrected chi connectivity index (χ1v) is 8.89. The summed E-state index contributed by atoms with van der Waals surface area (Å²) in [5.74, 6) is 0. The molecule has 1 amide bonds. The summed E-state index contributed by atoms with van der Waals surface area (Å²) in [4.78, 5) is 15.4. The summed E-state index contributed by atoms with van der Waals surface area (Å²) < 4.78 is 11.5. The van der Waals surface area contributed by atoms with Crippen molar-refractivity contribution in [3.63, 3.8) is 0 Å². The van der Waals surface area contributed by atoms with Crippen LogP contribution in [-0.2, 0) is 9.47 Å². The summed E-state index contributed by atoms with van der Waals surface area (Å²) >= 11 is 1.70. The van der Waals surface area contributed by atoms with Gasteiger partial charge < -0.3 is 14.4 Å². The van der Waals surface area contributed by atoms with Crippen LogP contribution in [0.2, 0.25) is 0 Å². The Morgan fingerprint density at radius 1 is 1.45 bits per heavy atom. The topological polar surface area (TPSA) is 38.8 Å². The summed E-state index contributed by atoms with van der Waals surface area (Å²) in [7, 11) is 0. The lowest BCUT2D eigenvalue weighted by atomic mass is 10.0. The summed E-state index contributed by atoms with van der Waals surface area (Å²) in [5.41, 5.74) is -0.454. The third-order valence-electron chi connectivity index (χ3n) is 3.74. The fraction of sp³-hybridized carbons (Fsp3) is 0.706. The van der Waals surface area contributed by atoms with E-state index in [0.717, 1.165) is 25.8 Å². The van der Waals surface area contributed by atoms with Gasteiger partial charge in [0.05, 0.1) is 18.8 Å². The minimum atomic E-state index is -0.454. The second-order valence-electron chi connectivity index (χ2n) is 6.81. The molecule has 0 bridgehead atoms. The van der Waals surface area contributed by atoms with E-state index in [1.54, 1.807) is 11.3 Å². The van der Waals surface area contributed by atoms with Gasteiger partial charge in [0.25, 0.3) is 0 Å². The first kappa shape index (κ1) is 17.3. The number of carbonyl (C=O) groups is 1. The number of ether oxygens (including phenoxy) is 2. The summed E-state index contributed by atoms with van der Waals surface area (Å²) in [6.45, 7) is 9.10. The van der Waals surface area contributed by atoms with E-state index in [0.29, 0.717) is 6.61 Å². The lowest BCUT2D eigenvalue weighted by molar-refractivity contribution is -0.0204.